The minimum Gasteiger partial charge on any atom is -0.340 e. The van der Waals surface area contributed by atoms with Crippen LogP contribution >= 0.6 is 22.9 Å². The standard InChI is InChI=1S/C19H17ClF3N3S/c1-2-15-25-17(16-11-5-3-4-6-14(11)27-18(16)26-15)24-10-7-8-13(20)12(9-10)19(21,22)23/h7-9H,2-6H2,1H3,(H,24,25,26). The molecule has 0 aliphatic heterocycles. The first-order valence-corrected chi connectivity index (χ1v) is 10.0. The first kappa shape index (κ1) is 18.5. The Morgan fingerprint density at radius 1 is 1.19 bits per heavy atom. The monoisotopic (exact) mass is 411 g/mol. The molecule has 27 heavy (non-hydrogen) atoms. The molecular weight excluding hydrogens is 395 g/mol. The van der Waals surface area contributed by atoms with Crippen molar-refractivity contribution in [1.82, 2.24) is 9.97 Å². The highest BCUT2D eigenvalue weighted by Gasteiger charge is 2.33. The maximum atomic E-state index is 13.2. The minimum atomic E-state index is -4.51. The summed E-state index contributed by atoms with van der Waals surface area (Å²) < 4.78 is 39.5. The van der Waals surface area contributed by atoms with Gasteiger partial charge in [0.15, 0.2) is 0 Å². The smallest absolute Gasteiger partial charge is 0.340 e. The van der Waals surface area contributed by atoms with Gasteiger partial charge in [-0.2, -0.15) is 13.2 Å². The number of aromatic nitrogens is 2. The molecule has 0 saturated heterocycles. The first-order chi connectivity index (χ1) is 12.9. The summed E-state index contributed by atoms with van der Waals surface area (Å²) in [5.74, 6) is 1.25. The van der Waals surface area contributed by atoms with Gasteiger partial charge in [-0.05, 0) is 49.4 Å². The van der Waals surface area contributed by atoms with Crippen LogP contribution in [0.2, 0.25) is 5.02 Å². The number of halogens is 4. The third-order valence-electron chi connectivity index (χ3n) is 4.71. The molecule has 0 bridgehead atoms. The fourth-order valence-electron chi connectivity index (χ4n) is 3.41. The van der Waals surface area contributed by atoms with E-state index in [1.807, 2.05) is 6.92 Å². The second-order valence-electron chi connectivity index (χ2n) is 6.55. The van der Waals surface area contributed by atoms with Crippen LogP contribution in [0.15, 0.2) is 18.2 Å². The summed E-state index contributed by atoms with van der Waals surface area (Å²) in [6, 6.07) is 3.82. The van der Waals surface area contributed by atoms with Crippen LogP contribution < -0.4 is 5.32 Å². The first-order valence-electron chi connectivity index (χ1n) is 8.81. The van der Waals surface area contributed by atoms with E-state index in [1.54, 1.807) is 11.3 Å². The maximum Gasteiger partial charge on any atom is 0.417 e. The number of hydrogen-bond donors (Lipinski definition) is 1. The van der Waals surface area contributed by atoms with Crippen LogP contribution in [0, 0.1) is 0 Å². The Balaban J connectivity index is 1.83. The summed E-state index contributed by atoms with van der Waals surface area (Å²) in [5, 5.41) is 3.72. The van der Waals surface area contributed by atoms with E-state index in [0.29, 0.717) is 23.8 Å². The van der Waals surface area contributed by atoms with Gasteiger partial charge in [-0.25, -0.2) is 9.97 Å². The molecule has 0 unspecified atom stereocenters. The summed E-state index contributed by atoms with van der Waals surface area (Å²) in [5.41, 5.74) is 0.684. The molecule has 0 amide bonds. The Kier molecular flexibility index (Phi) is 4.76. The zero-order valence-electron chi connectivity index (χ0n) is 14.6. The second-order valence-corrected chi connectivity index (χ2v) is 8.04. The lowest BCUT2D eigenvalue weighted by molar-refractivity contribution is -0.137. The molecule has 1 aliphatic carbocycles. The summed E-state index contributed by atoms with van der Waals surface area (Å²) in [6.45, 7) is 1.96. The number of rotatable bonds is 3. The molecule has 3 aromatic rings. The fraction of sp³-hybridized carbons (Fsp3) is 0.368. The number of nitrogens with one attached hydrogen (secondary N) is 1. The van der Waals surface area contributed by atoms with Crippen molar-refractivity contribution in [1.29, 1.82) is 0 Å². The number of aryl methyl sites for hydroxylation is 3. The lowest BCUT2D eigenvalue weighted by Gasteiger charge is -2.15. The number of anilines is 2. The minimum absolute atomic E-state index is 0.310. The molecule has 0 spiro atoms. The van der Waals surface area contributed by atoms with E-state index < -0.39 is 11.7 Å². The van der Waals surface area contributed by atoms with Gasteiger partial charge in [-0.1, -0.05) is 18.5 Å². The molecule has 1 N–H and O–H groups in total. The van der Waals surface area contributed by atoms with Crippen molar-refractivity contribution in [2.45, 2.75) is 45.2 Å². The number of thiophene rings is 1. The van der Waals surface area contributed by atoms with E-state index >= 15 is 0 Å². The average Bonchev–Trinajstić information content (AvgIpc) is 3.00. The molecule has 1 aliphatic rings. The normalized spacial score (nSPS) is 14.4. The van der Waals surface area contributed by atoms with E-state index in [0.717, 1.165) is 42.0 Å². The number of nitrogens with zero attached hydrogens (tertiary/aromatic N) is 2. The van der Waals surface area contributed by atoms with E-state index in [1.165, 1.54) is 22.6 Å². The zero-order valence-corrected chi connectivity index (χ0v) is 16.2. The van der Waals surface area contributed by atoms with Crippen molar-refractivity contribution in [2.24, 2.45) is 0 Å². The average molecular weight is 412 g/mol. The Morgan fingerprint density at radius 2 is 1.96 bits per heavy atom. The molecule has 0 radical (unpaired) electrons. The van der Waals surface area contributed by atoms with E-state index in [9.17, 15) is 13.2 Å². The Hall–Kier alpha value is -1.86. The van der Waals surface area contributed by atoms with Crippen molar-refractivity contribution in [3.05, 3.63) is 45.1 Å². The van der Waals surface area contributed by atoms with Crippen molar-refractivity contribution in [3.63, 3.8) is 0 Å². The topological polar surface area (TPSA) is 37.8 Å². The van der Waals surface area contributed by atoms with Crippen molar-refractivity contribution >= 4 is 44.7 Å². The van der Waals surface area contributed by atoms with Gasteiger partial charge in [-0.3, -0.25) is 0 Å². The van der Waals surface area contributed by atoms with Gasteiger partial charge in [0.1, 0.15) is 16.5 Å². The molecule has 142 valence electrons. The molecule has 0 saturated carbocycles. The number of alkyl halides is 3. The molecule has 4 rings (SSSR count). The van der Waals surface area contributed by atoms with Gasteiger partial charge in [-0.15, -0.1) is 11.3 Å². The molecule has 1 aromatic carbocycles. The Labute approximate surface area is 163 Å². The summed E-state index contributed by atoms with van der Waals surface area (Å²) in [6.07, 6.45) is 0.382. The van der Waals surface area contributed by atoms with Crippen LogP contribution in [0.3, 0.4) is 0 Å². The molecule has 8 heteroatoms. The van der Waals surface area contributed by atoms with Gasteiger partial charge < -0.3 is 5.32 Å². The number of benzene rings is 1. The van der Waals surface area contributed by atoms with E-state index in [2.05, 4.69) is 15.3 Å². The third kappa shape index (κ3) is 3.50. The van der Waals surface area contributed by atoms with Crippen LogP contribution in [0.25, 0.3) is 10.2 Å². The van der Waals surface area contributed by atoms with Crippen LogP contribution in [0.1, 0.15) is 41.6 Å². The maximum absolute atomic E-state index is 13.2. The lowest BCUT2D eigenvalue weighted by Crippen LogP contribution is -2.07. The van der Waals surface area contributed by atoms with Crippen molar-refractivity contribution < 1.29 is 13.2 Å². The number of hydrogen-bond acceptors (Lipinski definition) is 4. The van der Waals surface area contributed by atoms with Gasteiger partial charge in [0.25, 0.3) is 0 Å². The van der Waals surface area contributed by atoms with Crippen molar-refractivity contribution in [3.8, 4) is 0 Å². The SMILES string of the molecule is CCc1nc(Nc2ccc(Cl)c(C(F)(F)F)c2)c2c3c(sc2n1)CCCC3. The lowest BCUT2D eigenvalue weighted by atomic mass is 9.97. The summed E-state index contributed by atoms with van der Waals surface area (Å²) >= 11 is 7.40. The molecule has 0 atom stereocenters. The van der Waals surface area contributed by atoms with Crippen LogP contribution in [0.5, 0.6) is 0 Å². The fourth-order valence-corrected chi connectivity index (χ4v) is 4.91. The summed E-state index contributed by atoms with van der Waals surface area (Å²) in [4.78, 5) is 11.4. The highest BCUT2D eigenvalue weighted by molar-refractivity contribution is 7.19. The van der Waals surface area contributed by atoms with Crippen molar-refractivity contribution in [2.75, 3.05) is 5.32 Å². The van der Waals surface area contributed by atoms with Gasteiger partial charge in [0, 0.05) is 17.0 Å². The summed E-state index contributed by atoms with van der Waals surface area (Å²) in [7, 11) is 0. The van der Waals surface area contributed by atoms with Crippen LogP contribution in [-0.4, -0.2) is 9.97 Å². The molecule has 3 nitrogen and oxygen atoms in total. The van der Waals surface area contributed by atoms with E-state index in [4.69, 9.17) is 11.6 Å². The molecule has 2 aromatic heterocycles. The zero-order chi connectivity index (χ0) is 19.2. The predicted molar refractivity (Wildman–Crippen MR) is 103 cm³/mol. The van der Waals surface area contributed by atoms with Crippen LogP contribution in [0.4, 0.5) is 24.7 Å². The molecular formula is C19H17ClF3N3S. The highest BCUT2D eigenvalue weighted by atomic mass is 35.5. The van der Waals surface area contributed by atoms with Gasteiger partial charge in [0.2, 0.25) is 0 Å². The Morgan fingerprint density at radius 3 is 2.70 bits per heavy atom. The van der Waals surface area contributed by atoms with Gasteiger partial charge in [0.05, 0.1) is 16.0 Å². The quantitative estimate of drug-likeness (QED) is 0.531. The third-order valence-corrected chi connectivity index (χ3v) is 6.23. The number of fused-ring (bicyclic) bond motifs is 3. The Bertz CT molecular complexity index is 1010. The predicted octanol–water partition coefficient (Wildman–Crippen LogP) is 6.55. The van der Waals surface area contributed by atoms with Gasteiger partial charge >= 0.3 is 6.18 Å². The van der Waals surface area contributed by atoms with Crippen LogP contribution in [-0.2, 0) is 25.4 Å². The molecule has 0 fully saturated rings. The largest absolute Gasteiger partial charge is 0.417 e. The molecule has 2 heterocycles. The second kappa shape index (κ2) is 6.95. The highest BCUT2D eigenvalue weighted by Crippen LogP contribution is 2.41. The van der Waals surface area contributed by atoms with E-state index in [-0.39, 0.29) is 5.02 Å².